The number of nitrogen functional groups attached to an aromatic ring is 1. The molecular formula is C17H26N2O2. The number of anilines is 1. The van der Waals surface area contributed by atoms with Crippen molar-refractivity contribution in [2.75, 3.05) is 12.3 Å². The second-order valence-corrected chi connectivity index (χ2v) is 7.14. The average molecular weight is 290 g/mol. The average Bonchev–Trinajstić information content (AvgIpc) is 2.43. The Morgan fingerprint density at radius 2 is 1.90 bits per heavy atom. The summed E-state index contributed by atoms with van der Waals surface area (Å²) in [6.07, 6.45) is 3.43. The summed E-state index contributed by atoms with van der Waals surface area (Å²) in [7, 11) is 0. The summed E-state index contributed by atoms with van der Waals surface area (Å²) in [4.78, 5) is 12.1. The predicted octanol–water partition coefficient (Wildman–Crippen LogP) is 2.64. The van der Waals surface area contributed by atoms with Crippen molar-refractivity contribution in [3.63, 3.8) is 0 Å². The zero-order valence-electron chi connectivity index (χ0n) is 13.2. The SMILES string of the molecule is Cc1ccc(C(=O)NCC2(O)CCC(C)(C)CC2)cc1N. The monoisotopic (exact) mass is 290 g/mol. The number of nitrogens with one attached hydrogen (secondary N) is 1. The molecule has 4 nitrogen and oxygen atoms in total. The molecule has 0 heterocycles. The van der Waals surface area contributed by atoms with Crippen LogP contribution in [0.2, 0.25) is 0 Å². The molecule has 0 aliphatic heterocycles. The highest BCUT2D eigenvalue weighted by molar-refractivity contribution is 5.95. The molecule has 1 aromatic carbocycles. The van der Waals surface area contributed by atoms with Gasteiger partial charge in [0.2, 0.25) is 0 Å². The standard InChI is InChI=1S/C17H26N2O2/c1-12-4-5-13(10-14(12)18)15(20)19-11-17(21)8-6-16(2,3)7-9-17/h4-5,10,21H,6-9,11,18H2,1-3H3,(H,19,20). The van der Waals surface area contributed by atoms with Crippen LogP contribution in [-0.4, -0.2) is 23.2 Å². The summed E-state index contributed by atoms with van der Waals surface area (Å²) >= 11 is 0. The molecule has 1 aliphatic rings. The predicted molar refractivity (Wildman–Crippen MR) is 85.1 cm³/mol. The molecular weight excluding hydrogens is 264 g/mol. The van der Waals surface area contributed by atoms with Crippen molar-refractivity contribution < 1.29 is 9.90 Å². The first-order chi connectivity index (χ1) is 9.71. The minimum Gasteiger partial charge on any atom is -0.398 e. The Kier molecular flexibility index (Phi) is 4.28. The van der Waals surface area contributed by atoms with Crippen molar-refractivity contribution in [2.45, 2.75) is 52.1 Å². The maximum Gasteiger partial charge on any atom is 0.251 e. The van der Waals surface area contributed by atoms with Gasteiger partial charge in [0.1, 0.15) is 0 Å². The fraction of sp³-hybridized carbons (Fsp3) is 0.588. The molecule has 1 saturated carbocycles. The Morgan fingerprint density at radius 1 is 1.29 bits per heavy atom. The molecule has 1 fully saturated rings. The molecule has 0 bridgehead atoms. The Morgan fingerprint density at radius 3 is 2.48 bits per heavy atom. The van der Waals surface area contributed by atoms with E-state index < -0.39 is 5.60 Å². The first-order valence-corrected chi connectivity index (χ1v) is 7.58. The maximum absolute atomic E-state index is 12.1. The number of hydrogen-bond donors (Lipinski definition) is 3. The molecule has 2 rings (SSSR count). The van der Waals surface area contributed by atoms with Crippen molar-refractivity contribution in [3.05, 3.63) is 29.3 Å². The van der Waals surface area contributed by atoms with Crippen LogP contribution in [0.15, 0.2) is 18.2 Å². The van der Waals surface area contributed by atoms with Gasteiger partial charge in [-0.15, -0.1) is 0 Å². The van der Waals surface area contributed by atoms with Crippen LogP contribution < -0.4 is 11.1 Å². The van der Waals surface area contributed by atoms with Crippen molar-refractivity contribution >= 4 is 11.6 Å². The highest BCUT2D eigenvalue weighted by Crippen LogP contribution is 2.39. The Balaban J connectivity index is 1.93. The number of benzene rings is 1. The molecule has 0 unspecified atom stereocenters. The first kappa shape index (κ1) is 15.8. The smallest absolute Gasteiger partial charge is 0.251 e. The molecule has 0 aromatic heterocycles. The van der Waals surface area contributed by atoms with Crippen molar-refractivity contribution in [1.29, 1.82) is 0 Å². The molecule has 4 heteroatoms. The van der Waals surface area contributed by atoms with Gasteiger partial charge in [-0.1, -0.05) is 19.9 Å². The van der Waals surface area contributed by atoms with Crippen LogP contribution in [-0.2, 0) is 0 Å². The zero-order valence-corrected chi connectivity index (χ0v) is 13.2. The molecule has 4 N–H and O–H groups in total. The third-order valence-electron chi connectivity index (χ3n) is 4.65. The summed E-state index contributed by atoms with van der Waals surface area (Å²) in [5.74, 6) is -0.181. The van der Waals surface area contributed by atoms with Gasteiger partial charge in [0, 0.05) is 17.8 Å². The fourth-order valence-corrected chi connectivity index (χ4v) is 2.70. The summed E-state index contributed by atoms with van der Waals surface area (Å²) in [6, 6.07) is 5.27. The quantitative estimate of drug-likeness (QED) is 0.749. The summed E-state index contributed by atoms with van der Waals surface area (Å²) < 4.78 is 0. The topological polar surface area (TPSA) is 75.3 Å². The van der Waals surface area contributed by atoms with Crippen LogP contribution in [0.1, 0.15) is 55.5 Å². The van der Waals surface area contributed by atoms with Crippen molar-refractivity contribution in [3.8, 4) is 0 Å². The Hall–Kier alpha value is -1.55. The largest absolute Gasteiger partial charge is 0.398 e. The lowest BCUT2D eigenvalue weighted by molar-refractivity contribution is -0.0233. The van der Waals surface area contributed by atoms with Crippen LogP contribution in [0.5, 0.6) is 0 Å². The van der Waals surface area contributed by atoms with E-state index in [0.717, 1.165) is 31.2 Å². The van der Waals surface area contributed by atoms with Crippen molar-refractivity contribution in [2.24, 2.45) is 5.41 Å². The van der Waals surface area contributed by atoms with Gasteiger partial charge in [0.25, 0.3) is 5.91 Å². The van der Waals surface area contributed by atoms with Crippen LogP contribution in [0.3, 0.4) is 0 Å². The normalized spacial score (nSPS) is 20.0. The Bertz CT molecular complexity index is 528. The lowest BCUT2D eigenvalue weighted by Crippen LogP contribution is -2.46. The maximum atomic E-state index is 12.1. The molecule has 1 aliphatic carbocycles. The second-order valence-electron chi connectivity index (χ2n) is 7.14. The Labute approximate surface area is 126 Å². The number of carbonyl (C=O) groups excluding carboxylic acids is 1. The van der Waals surface area contributed by atoms with Crippen LogP contribution in [0.25, 0.3) is 0 Å². The van der Waals surface area contributed by atoms with Crippen LogP contribution in [0.4, 0.5) is 5.69 Å². The van der Waals surface area contributed by atoms with E-state index in [0.29, 0.717) is 23.2 Å². The lowest BCUT2D eigenvalue weighted by Gasteiger charge is -2.40. The fourth-order valence-electron chi connectivity index (χ4n) is 2.70. The third-order valence-corrected chi connectivity index (χ3v) is 4.65. The summed E-state index contributed by atoms with van der Waals surface area (Å²) in [5.41, 5.74) is 7.45. The molecule has 1 amide bonds. The van der Waals surface area contributed by atoms with Gasteiger partial charge in [-0.25, -0.2) is 0 Å². The minimum atomic E-state index is -0.776. The summed E-state index contributed by atoms with van der Waals surface area (Å²) in [5, 5.41) is 13.4. The van der Waals surface area contributed by atoms with E-state index in [9.17, 15) is 9.90 Å². The van der Waals surface area contributed by atoms with E-state index in [1.807, 2.05) is 13.0 Å². The zero-order chi connectivity index (χ0) is 15.7. The number of aliphatic hydroxyl groups is 1. The molecule has 0 saturated heterocycles. The van der Waals surface area contributed by atoms with Gasteiger partial charge in [-0.3, -0.25) is 4.79 Å². The lowest BCUT2D eigenvalue weighted by atomic mass is 9.71. The van der Waals surface area contributed by atoms with Gasteiger partial charge in [-0.2, -0.15) is 0 Å². The molecule has 116 valence electrons. The molecule has 0 spiro atoms. The number of rotatable bonds is 3. The number of amides is 1. The number of hydrogen-bond acceptors (Lipinski definition) is 3. The highest BCUT2D eigenvalue weighted by atomic mass is 16.3. The minimum absolute atomic E-state index is 0.181. The van der Waals surface area contributed by atoms with Gasteiger partial charge in [-0.05, 0) is 55.7 Å². The molecule has 1 aromatic rings. The highest BCUT2D eigenvalue weighted by Gasteiger charge is 2.36. The van der Waals surface area contributed by atoms with E-state index in [2.05, 4.69) is 19.2 Å². The molecule has 21 heavy (non-hydrogen) atoms. The number of carbonyl (C=O) groups is 1. The second kappa shape index (κ2) is 5.68. The van der Waals surface area contributed by atoms with E-state index in [1.165, 1.54) is 0 Å². The van der Waals surface area contributed by atoms with E-state index in [4.69, 9.17) is 5.73 Å². The summed E-state index contributed by atoms with van der Waals surface area (Å²) in [6.45, 7) is 6.65. The van der Waals surface area contributed by atoms with Gasteiger partial charge >= 0.3 is 0 Å². The van der Waals surface area contributed by atoms with Gasteiger partial charge in [0.05, 0.1) is 5.60 Å². The van der Waals surface area contributed by atoms with Gasteiger partial charge < -0.3 is 16.2 Å². The van der Waals surface area contributed by atoms with Crippen LogP contribution in [0, 0.1) is 12.3 Å². The number of nitrogens with two attached hydrogens (primary N) is 1. The van der Waals surface area contributed by atoms with Crippen molar-refractivity contribution in [1.82, 2.24) is 5.32 Å². The van der Waals surface area contributed by atoms with Gasteiger partial charge in [0.15, 0.2) is 0 Å². The number of aryl methyl sites for hydroxylation is 1. The molecule has 0 atom stereocenters. The van der Waals surface area contributed by atoms with E-state index in [1.54, 1.807) is 12.1 Å². The third kappa shape index (κ3) is 3.97. The van der Waals surface area contributed by atoms with Crippen LogP contribution >= 0.6 is 0 Å². The van der Waals surface area contributed by atoms with E-state index >= 15 is 0 Å². The molecule has 0 radical (unpaired) electrons. The van der Waals surface area contributed by atoms with E-state index in [-0.39, 0.29) is 5.91 Å². The first-order valence-electron chi connectivity index (χ1n) is 7.58.